The summed E-state index contributed by atoms with van der Waals surface area (Å²) in [5.74, 6) is 0.132. The molecule has 1 aliphatic heterocycles. The summed E-state index contributed by atoms with van der Waals surface area (Å²) in [5.41, 5.74) is -0.0835. The molecule has 1 atom stereocenters. The van der Waals surface area contributed by atoms with E-state index in [4.69, 9.17) is 0 Å². The summed E-state index contributed by atoms with van der Waals surface area (Å²) in [6, 6.07) is -0.0505. The molecule has 0 aliphatic carbocycles. The van der Waals surface area contributed by atoms with Gasteiger partial charge >= 0.3 is 0 Å². The minimum atomic E-state index is -0.147. The Bertz CT molecular complexity index is 240. The molecule has 1 unspecified atom stereocenters. The van der Waals surface area contributed by atoms with Crippen LogP contribution in [0.1, 0.15) is 47.5 Å². The Kier molecular flexibility index (Phi) is 3.44. The fraction of sp³-hybridized carbons (Fsp3) is 0.917. The van der Waals surface area contributed by atoms with Crippen molar-refractivity contribution < 1.29 is 4.79 Å². The highest BCUT2D eigenvalue weighted by Gasteiger charge is 2.37. The Balaban J connectivity index is 2.65. The number of amides is 1. The van der Waals surface area contributed by atoms with Crippen LogP contribution in [0.5, 0.6) is 0 Å². The Labute approximate surface area is 93.0 Å². The fourth-order valence-corrected chi connectivity index (χ4v) is 2.10. The summed E-state index contributed by atoms with van der Waals surface area (Å²) < 4.78 is 0. The Morgan fingerprint density at radius 3 is 2.47 bits per heavy atom. The lowest BCUT2D eigenvalue weighted by atomic mass is 9.77. The largest absolute Gasteiger partial charge is 0.350 e. The van der Waals surface area contributed by atoms with E-state index in [1.54, 1.807) is 0 Å². The third-order valence-corrected chi connectivity index (χ3v) is 2.89. The minimum Gasteiger partial charge on any atom is -0.350 e. The molecule has 1 saturated heterocycles. The molecular formula is C12H24N2O. The van der Waals surface area contributed by atoms with Crippen molar-refractivity contribution in [3.63, 3.8) is 0 Å². The summed E-state index contributed by atoms with van der Waals surface area (Å²) in [4.78, 5) is 12.1. The predicted octanol–water partition coefficient (Wildman–Crippen LogP) is 1.68. The maximum absolute atomic E-state index is 12.1. The average molecular weight is 212 g/mol. The Hall–Kier alpha value is -0.570. The third kappa shape index (κ3) is 3.49. The Morgan fingerprint density at radius 1 is 1.40 bits per heavy atom. The van der Waals surface area contributed by atoms with Gasteiger partial charge in [0, 0.05) is 5.54 Å². The molecule has 0 aromatic rings. The standard InChI is InChI=1S/C12H24N2O/c1-11(2,3)14-10(15)9-12(4,5)7-6-8-13-9/h9,13H,6-8H2,1-5H3,(H,14,15). The van der Waals surface area contributed by atoms with Crippen molar-refractivity contribution in [1.82, 2.24) is 10.6 Å². The van der Waals surface area contributed by atoms with Gasteiger partial charge in [0.05, 0.1) is 6.04 Å². The summed E-state index contributed by atoms with van der Waals surface area (Å²) in [5, 5.41) is 6.36. The maximum atomic E-state index is 12.1. The molecule has 0 radical (unpaired) electrons. The summed E-state index contributed by atoms with van der Waals surface area (Å²) >= 11 is 0. The monoisotopic (exact) mass is 212 g/mol. The zero-order valence-electron chi connectivity index (χ0n) is 10.6. The van der Waals surface area contributed by atoms with Gasteiger partial charge in [0.2, 0.25) is 5.91 Å². The molecular weight excluding hydrogens is 188 g/mol. The van der Waals surface area contributed by atoms with Crippen LogP contribution >= 0.6 is 0 Å². The first kappa shape index (κ1) is 12.5. The van der Waals surface area contributed by atoms with E-state index >= 15 is 0 Å². The van der Waals surface area contributed by atoms with Gasteiger partial charge in [-0.05, 0) is 45.6 Å². The van der Waals surface area contributed by atoms with Gasteiger partial charge in [-0.25, -0.2) is 0 Å². The molecule has 0 aromatic heterocycles. The van der Waals surface area contributed by atoms with Gasteiger partial charge in [0.15, 0.2) is 0 Å². The molecule has 2 N–H and O–H groups in total. The van der Waals surface area contributed by atoms with Crippen LogP contribution in [-0.2, 0) is 4.79 Å². The van der Waals surface area contributed by atoms with Gasteiger partial charge in [0.1, 0.15) is 0 Å². The van der Waals surface area contributed by atoms with Crippen molar-refractivity contribution in [2.24, 2.45) is 5.41 Å². The topological polar surface area (TPSA) is 41.1 Å². The molecule has 1 fully saturated rings. The van der Waals surface area contributed by atoms with E-state index in [-0.39, 0.29) is 22.9 Å². The SMILES string of the molecule is CC(C)(C)NC(=O)C1NCCCC1(C)C. The minimum absolute atomic E-state index is 0.0505. The fourth-order valence-electron chi connectivity index (χ4n) is 2.10. The van der Waals surface area contributed by atoms with Crippen LogP contribution in [0, 0.1) is 5.41 Å². The molecule has 0 spiro atoms. The predicted molar refractivity (Wildman–Crippen MR) is 62.7 cm³/mol. The molecule has 88 valence electrons. The number of piperidine rings is 1. The number of carbonyl (C=O) groups excluding carboxylic acids is 1. The van der Waals surface area contributed by atoms with Crippen molar-refractivity contribution in [3.05, 3.63) is 0 Å². The Morgan fingerprint density at radius 2 is 2.00 bits per heavy atom. The lowest BCUT2D eigenvalue weighted by molar-refractivity contribution is -0.128. The molecule has 0 aromatic carbocycles. The van der Waals surface area contributed by atoms with Gasteiger partial charge in [-0.1, -0.05) is 13.8 Å². The van der Waals surface area contributed by atoms with Crippen LogP contribution < -0.4 is 10.6 Å². The van der Waals surface area contributed by atoms with Crippen LogP contribution in [0.2, 0.25) is 0 Å². The van der Waals surface area contributed by atoms with Gasteiger partial charge in [0.25, 0.3) is 0 Å². The average Bonchev–Trinajstić information content (AvgIpc) is 1.99. The highest BCUT2D eigenvalue weighted by Crippen LogP contribution is 2.30. The lowest BCUT2D eigenvalue weighted by Gasteiger charge is -2.39. The first-order valence-corrected chi connectivity index (χ1v) is 5.78. The highest BCUT2D eigenvalue weighted by atomic mass is 16.2. The first-order valence-electron chi connectivity index (χ1n) is 5.78. The van der Waals surface area contributed by atoms with Crippen molar-refractivity contribution in [2.75, 3.05) is 6.54 Å². The number of hydrogen-bond acceptors (Lipinski definition) is 2. The number of rotatable bonds is 1. The van der Waals surface area contributed by atoms with E-state index < -0.39 is 0 Å². The second-order valence-corrected chi connectivity index (χ2v) is 6.22. The molecule has 3 heteroatoms. The van der Waals surface area contributed by atoms with Crippen molar-refractivity contribution in [1.29, 1.82) is 0 Å². The second kappa shape index (κ2) is 4.12. The maximum Gasteiger partial charge on any atom is 0.238 e. The van der Waals surface area contributed by atoms with E-state index in [1.807, 2.05) is 20.8 Å². The van der Waals surface area contributed by atoms with Crippen LogP contribution in [-0.4, -0.2) is 24.0 Å². The molecule has 3 nitrogen and oxygen atoms in total. The van der Waals surface area contributed by atoms with Crippen molar-refractivity contribution in [3.8, 4) is 0 Å². The molecule has 0 saturated carbocycles. The van der Waals surface area contributed by atoms with E-state index in [0.29, 0.717) is 0 Å². The van der Waals surface area contributed by atoms with Crippen LogP contribution in [0.3, 0.4) is 0 Å². The smallest absolute Gasteiger partial charge is 0.238 e. The summed E-state index contributed by atoms with van der Waals surface area (Å²) in [6.07, 6.45) is 2.27. The summed E-state index contributed by atoms with van der Waals surface area (Å²) in [6.45, 7) is 11.3. The summed E-state index contributed by atoms with van der Waals surface area (Å²) in [7, 11) is 0. The van der Waals surface area contributed by atoms with Gasteiger partial charge in [-0.2, -0.15) is 0 Å². The van der Waals surface area contributed by atoms with E-state index in [9.17, 15) is 4.79 Å². The second-order valence-electron chi connectivity index (χ2n) is 6.22. The molecule has 0 bridgehead atoms. The van der Waals surface area contributed by atoms with Gasteiger partial charge in [-0.3, -0.25) is 4.79 Å². The van der Waals surface area contributed by atoms with Crippen LogP contribution in [0.4, 0.5) is 0 Å². The van der Waals surface area contributed by atoms with E-state index in [1.165, 1.54) is 0 Å². The van der Waals surface area contributed by atoms with Crippen LogP contribution in [0.15, 0.2) is 0 Å². The zero-order chi connectivity index (χ0) is 11.7. The van der Waals surface area contributed by atoms with Crippen LogP contribution in [0.25, 0.3) is 0 Å². The molecule has 1 rings (SSSR count). The molecule has 1 aliphatic rings. The quantitative estimate of drug-likeness (QED) is 0.694. The third-order valence-electron chi connectivity index (χ3n) is 2.89. The molecule has 1 amide bonds. The highest BCUT2D eigenvalue weighted by molar-refractivity contribution is 5.83. The van der Waals surface area contributed by atoms with E-state index in [2.05, 4.69) is 24.5 Å². The van der Waals surface area contributed by atoms with E-state index in [0.717, 1.165) is 19.4 Å². The van der Waals surface area contributed by atoms with Crippen molar-refractivity contribution >= 4 is 5.91 Å². The number of hydrogen-bond donors (Lipinski definition) is 2. The molecule has 1 heterocycles. The zero-order valence-corrected chi connectivity index (χ0v) is 10.6. The van der Waals surface area contributed by atoms with Crippen molar-refractivity contribution in [2.45, 2.75) is 59.0 Å². The number of nitrogens with one attached hydrogen (secondary N) is 2. The van der Waals surface area contributed by atoms with Gasteiger partial charge < -0.3 is 10.6 Å². The first-order chi connectivity index (χ1) is 6.72. The lowest BCUT2D eigenvalue weighted by Crippen LogP contribution is -2.58. The number of carbonyl (C=O) groups is 1. The van der Waals surface area contributed by atoms with Gasteiger partial charge in [-0.15, -0.1) is 0 Å². The normalized spacial score (nSPS) is 26.1. The molecule has 15 heavy (non-hydrogen) atoms.